The lowest BCUT2D eigenvalue weighted by molar-refractivity contribution is 0.509. The minimum Gasteiger partial charge on any atom is -0.221 e. The molecule has 3 aromatic rings. The number of aryl methyl sites for hydroxylation is 1. The van der Waals surface area contributed by atoms with Crippen molar-refractivity contribution in [3.63, 3.8) is 0 Å². The molecule has 2 aromatic heterocycles. The minimum absolute atomic E-state index is 0.375. The van der Waals surface area contributed by atoms with Crippen molar-refractivity contribution in [1.82, 2.24) is 14.6 Å². The predicted molar refractivity (Wildman–Crippen MR) is 63.1 cm³/mol. The largest absolute Gasteiger partial charge is 0.221 e. The molecular formula is C13H9F2N3. The third kappa shape index (κ3) is 1.73. The van der Waals surface area contributed by atoms with E-state index in [1.54, 1.807) is 10.7 Å². The van der Waals surface area contributed by atoms with Crippen LogP contribution in [0.25, 0.3) is 17.0 Å². The first-order chi connectivity index (χ1) is 8.63. The van der Waals surface area contributed by atoms with Crippen LogP contribution in [-0.2, 0) is 0 Å². The van der Waals surface area contributed by atoms with E-state index < -0.39 is 11.6 Å². The summed E-state index contributed by atoms with van der Waals surface area (Å²) in [6.07, 6.45) is 1.78. The Balaban J connectivity index is 2.16. The molecule has 0 saturated heterocycles. The summed E-state index contributed by atoms with van der Waals surface area (Å²) < 4.78 is 27.6. The number of rotatable bonds is 1. The Morgan fingerprint density at radius 1 is 1.06 bits per heavy atom. The van der Waals surface area contributed by atoms with E-state index in [9.17, 15) is 8.78 Å². The number of hydrogen-bond donors (Lipinski definition) is 0. The SMILES string of the molecule is Cc1ccn2nc(-c3ccc(F)c(F)c3)nc2c1. The van der Waals surface area contributed by atoms with Crippen LogP contribution in [0, 0.1) is 18.6 Å². The van der Waals surface area contributed by atoms with Crippen molar-refractivity contribution >= 4 is 5.65 Å². The molecular weight excluding hydrogens is 236 g/mol. The molecule has 0 aliphatic heterocycles. The number of fused-ring (bicyclic) bond motifs is 1. The van der Waals surface area contributed by atoms with Crippen molar-refractivity contribution < 1.29 is 8.78 Å². The molecule has 0 aliphatic carbocycles. The van der Waals surface area contributed by atoms with Gasteiger partial charge in [-0.25, -0.2) is 18.3 Å². The fraction of sp³-hybridized carbons (Fsp3) is 0.0769. The van der Waals surface area contributed by atoms with Crippen molar-refractivity contribution in [3.05, 3.63) is 53.7 Å². The van der Waals surface area contributed by atoms with Crippen LogP contribution in [0.4, 0.5) is 8.78 Å². The molecule has 0 amide bonds. The lowest BCUT2D eigenvalue weighted by atomic mass is 10.2. The van der Waals surface area contributed by atoms with Gasteiger partial charge in [0, 0.05) is 11.8 Å². The Kier molecular flexibility index (Phi) is 2.33. The van der Waals surface area contributed by atoms with Crippen LogP contribution < -0.4 is 0 Å². The molecule has 3 nitrogen and oxygen atoms in total. The zero-order chi connectivity index (χ0) is 12.7. The Hall–Kier alpha value is -2.30. The van der Waals surface area contributed by atoms with Crippen molar-refractivity contribution in [3.8, 4) is 11.4 Å². The molecule has 5 heteroatoms. The zero-order valence-electron chi connectivity index (χ0n) is 9.56. The van der Waals surface area contributed by atoms with Crippen LogP contribution >= 0.6 is 0 Å². The summed E-state index contributed by atoms with van der Waals surface area (Å²) in [4.78, 5) is 4.28. The fourth-order valence-electron chi connectivity index (χ4n) is 1.74. The van der Waals surface area contributed by atoms with Crippen LogP contribution in [0.3, 0.4) is 0 Å². The Bertz CT molecular complexity index is 734. The fourth-order valence-corrected chi connectivity index (χ4v) is 1.74. The van der Waals surface area contributed by atoms with Crippen molar-refractivity contribution in [2.24, 2.45) is 0 Å². The van der Waals surface area contributed by atoms with Crippen LogP contribution in [-0.4, -0.2) is 14.6 Å². The summed E-state index contributed by atoms with van der Waals surface area (Å²) in [5.41, 5.74) is 2.19. The van der Waals surface area contributed by atoms with E-state index in [0.717, 1.165) is 17.7 Å². The maximum atomic E-state index is 13.1. The van der Waals surface area contributed by atoms with Gasteiger partial charge < -0.3 is 0 Å². The number of pyridine rings is 1. The second-order valence-electron chi connectivity index (χ2n) is 4.07. The maximum absolute atomic E-state index is 13.1. The third-order valence-corrected chi connectivity index (χ3v) is 2.67. The zero-order valence-corrected chi connectivity index (χ0v) is 9.56. The molecule has 1 aromatic carbocycles. The average Bonchev–Trinajstić information content (AvgIpc) is 2.75. The lowest BCUT2D eigenvalue weighted by Crippen LogP contribution is -1.88. The molecule has 0 radical (unpaired) electrons. The lowest BCUT2D eigenvalue weighted by Gasteiger charge is -1.95. The van der Waals surface area contributed by atoms with E-state index in [4.69, 9.17) is 0 Å². The summed E-state index contributed by atoms with van der Waals surface area (Å²) in [5.74, 6) is -1.40. The second-order valence-corrected chi connectivity index (χ2v) is 4.07. The molecule has 18 heavy (non-hydrogen) atoms. The van der Waals surface area contributed by atoms with Crippen molar-refractivity contribution in [2.45, 2.75) is 6.92 Å². The first kappa shape index (κ1) is 10.8. The van der Waals surface area contributed by atoms with E-state index in [0.29, 0.717) is 17.0 Å². The summed E-state index contributed by atoms with van der Waals surface area (Å²) in [6.45, 7) is 1.95. The number of benzene rings is 1. The molecule has 0 bridgehead atoms. The number of hydrogen-bond acceptors (Lipinski definition) is 2. The number of halogens is 2. The van der Waals surface area contributed by atoms with Crippen molar-refractivity contribution in [1.29, 1.82) is 0 Å². The maximum Gasteiger partial charge on any atom is 0.182 e. The average molecular weight is 245 g/mol. The van der Waals surface area contributed by atoms with E-state index in [-0.39, 0.29) is 0 Å². The van der Waals surface area contributed by atoms with Gasteiger partial charge in [-0.05, 0) is 42.8 Å². The molecule has 3 rings (SSSR count). The van der Waals surface area contributed by atoms with Gasteiger partial charge in [0.25, 0.3) is 0 Å². The van der Waals surface area contributed by atoms with Gasteiger partial charge in [0.15, 0.2) is 23.1 Å². The highest BCUT2D eigenvalue weighted by Gasteiger charge is 2.09. The molecule has 0 unspecified atom stereocenters. The van der Waals surface area contributed by atoms with Crippen LogP contribution in [0.1, 0.15) is 5.56 Å². The van der Waals surface area contributed by atoms with Gasteiger partial charge in [0.2, 0.25) is 0 Å². The standard InChI is InChI=1S/C13H9F2N3/c1-8-4-5-18-12(6-8)16-13(17-18)9-2-3-10(14)11(15)7-9/h2-7H,1H3. The highest BCUT2D eigenvalue weighted by Crippen LogP contribution is 2.19. The quantitative estimate of drug-likeness (QED) is 0.659. The second kappa shape index (κ2) is 3.87. The summed E-state index contributed by atoms with van der Waals surface area (Å²) in [5, 5.41) is 4.21. The molecule has 90 valence electrons. The molecule has 0 atom stereocenters. The highest BCUT2D eigenvalue weighted by atomic mass is 19.2. The monoisotopic (exact) mass is 245 g/mol. The highest BCUT2D eigenvalue weighted by molar-refractivity contribution is 5.58. The van der Waals surface area contributed by atoms with Crippen LogP contribution in [0.15, 0.2) is 36.5 Å². The summed E-state index contributed by atoms with van der Waals surface area (Å²) in [6, 6.07) is 7.39. The Labute approximate surface area is 102 Å². The van der Waals surface area contributed by atoms with Gasteiger partial charge in [-0.3, -0.25) is 0 Å². The molecule has 0 saturated carbocycles. The van der Waals surface area contributed by atoms with Gasteiger partial charge >= 0.3 is 0 Å². The first-order valence-corrected chi connectivity index (χ1v) is 5.42. The Morgan fingerprint density at radius 2 is 1.89 bits per heavy atom. The predicted octanol–water partition coefficient (Wildman–Crippen LogP) is 2.98. The van der Waals surface area contributed by atoms with Gasteiger partial charge in [0.05, 0.1) is 0 Å². The summed E-state index contributed by atoms with van der Waals surface area (Å²) in [7, 11) is 0. The van der Waals surface area contributed by atoms with E-state index in [2.05, 4.69) is 10.1 Å². The molecule has 0 N–H and O–H groups in total. The Morgan fingerprint density at radius 3 is 2.67 bits per heavy atom. The first-order valence-electron chi connectivity index (χ1n) is 5.42. The van der Waals surface area contributed by atoms with Gasteiger partial charge in [-0.2, -0.15) is 0 Å². The van der Waals surface area contributed by atoms with Crippen LogP contribution in [0.2, 0.25) is 0 Å². The molecule has 2 heterocycles. The van der Waals surface area contributed by atoms with E-state index in [1.165, 1.54) is 6.07 Å². The van der Waals surface area contributed by atoms with Gasteiger partial charge in [-0.1, -0.05) is 0 Å². The van der Waals surface area contributed by atoms with Crippen molar-refractivity contribution in [2.75, 3.05) is 0 Å². The smallest absolute Gasteiger partial charge is 0.182 e. The minimum atomic E-state index is -0.900. The van der Waals surface area contributed by atoms with E-state index >= 15 is 0 Å². The summed E-state index contributed by atoms with van der Waals surface area (Å²) >= 11 is 0. The molecule has 0 aliphatic rings. The number of aromatic nitrogens is 3. The normalized spacial score (nSPS) is 11.1. The van der Waals surface area contributed by atoms with Gasteiger partial charge in [0.1, 0.15) is 0 Å². The molecule has 0 spiro atoms. The topological polar surface area (TPSA) is 30.2 Å². The number of nitrogens with zero attached hydrogens (tertiary/aromatic N) is 3. The van der Waals surface area contributed by atoms with Crippen LogP contribution in [0.5, 0.6) is 0 Å². The third-order valence-electron chi connectivity index (χ3n) is 2.67. The molecule has 0 fully saturated rings. The van der Waals surface area contributed by atoms with E-state index in [1.807, 2.05) is 19.1 Å². The van der Waals surface area contributed by atoms with Gasteiger partial charge in [-0.15, -0.1) is 5.10 Å².